The van der Waals surface area contributed by atoms with Crippen molar-refractivity contribution in [3.63, 3.8) is 0 Å². The number of thioether (sulfide) groups is 1. The molecule has 112 valence electrons. The molecule has 1 rings (SSSR count). The van der Waals surface area contributed by atoms with Gasteiger partial charge < -0.3 is 5.32 Å². The fourth-order valence-corrected chi connectivity index (χ4v) is 2.03. The molecule has 0 saturated heterocycles. The summed E-state index contributed by atoms with van der Waals surface area (Å²) < 4.78 is 1.99. The summed E-state index contributed by atoms with van der Waals surface area (Å²) in [5.74, 6) is 0.752. The van der Waals surface area contributed by atoms with Crippen molar-refractivity contribution in [2.24, 2.45) is 4.99 Å². The van der Waals surface area contributed by atoms with E-state index in [4.69, 9.17) is 0 Å². The number of aliphatic imine (C=N–C) groups is 1. The third-order valence-corrected chi connectivity index (χ3v) is 3.37. The van der Waals surface area contributed by atoms with Gasteiger partial charge in [-0.3, -0.25) is 9.56 Å². The summed E-state index contributed by atoms with van der Waals surface area (Å²) in [5.41, 5.74) is 2.68. The predicted octanol–water partition coefficient (Wildman–Crippen LogP) is 3.87. The lowest BCUT2D eigenvalue weighted by molar-refractivity contribution is 1.03. The van der Waals surface area contributed by atoms with Crippen LogP contribution < -0.4 is 5.32 Å². The van der Waals surface area contributed by atoms with Crippen molar-refractivity contribution in [1.29, 1.82) is 0 Å². The van der Waals surface area contributed by atoms with Gasteiger partial charge in [-0.05, 0) is 20.1 Å². The second kappa shape index (κ2) is 8.32. The lowest BCUT2D eigenvalue weighted by atomic mass is 10.2. The van der Waals surface area contributed by atoms with E-state index in [1.165, 1.54) is 11.8 Å². The summed E-state index contributed by atoms with van der Waals surface area (Å²) in [6.07, 6.45) is 11.5. The molecule has 0 aliphatic carbocycles. The van der Waals surface area contributed by atoms with Crippen molar-refractivity contribution in [2.75, 3.05) is 13.3 Å². The Hall–Kier alpha value is -2.01. The van der Waals surface area contributed by atoms with Crippen molar-refractivity contribution in [1.82, 2.24) is 14.9 Å². The third-order valence-electron chi connectivity index (χ3n) is 2.78. The fourth-order valence-electron chi connectivity index (χ4n) is 1.80. The number of nitrogens with zero attached hydrogens (tertiary/aromatic N) is 3. The van der Waals surface area contributed by atoms with Gasteiger partial charge in [0, 0.05) is 25.0 Å². The van der Waals surface area contributed by atoms with Gasteiger partial charge in [0.1, 0.15) is 0 Å². The molecule has 0 saturated carbocycles. The Labute approximate surface area is 131 Å². The molecule has 0 bridgehead atoms. The molecule has 0 aliphatic rings. The van der Waals surface area contributed by atoms with Crippen LogP contribution in [-0.4, -0.2) is 29.1 Å². The minimum absolute atomic E-state index is 0.711. The highest BCUT2D eigenvalue weighted by Gasteiger charge is 2.13. The quantitative estimate of drug-likeness (QED) is 0.777. The highest BCUT2D eigenvalue weighted by Crippen LogP contribution is 2.20. The van der Waals surface area contributed by atoms with Gasteiger partial charge in [-0.1, -0.05) is 25.3 Å². The van der Waals surface area contributed by atoms with Crippen molar-refractivity contribution in [3.8, 4) is 0 Å². The second-order valence-electron chi connectivity index (χ2n) is 4.18. The topological polar surface area (TPSA) is 42.2 Å². The molecule has 0 amide bonds. The van der Waals surface area contributed by atoms with E-state index in [0.29, 0.717) is 5.70 Å². The zero-order valence-electron chi connectivity index (χ0n) is 13.1. The van der Waals surface area contributed by atoms with E-state index < -0.39 is 0 Å². The number of hydrogen-bond acceptors (Lipinski definition) is 4. The van der Waals surface area contributed by atoms with Gasteiger partial charge in [-0.15, -0.1) is 11.8 Å². The first-order valence-electron chi connectivity index (χ1n) is 6.57. The minimum atomic E-state index is 0.711. The molecule has 21 heavy (non-hydrogen) atoms. The van der Waals surface area contributed by atoms with Crippen LogP contribution in [0.15, 0.2) is 41.5 Å². The highest BCUT2D eigenvalue weighted by atomic mass is 32.2. The van der Waals surface area contributed by atoms with Crippen LogP contribution in [0.4, 0.5) is 0 Å². The van der Waals surface area contributed by atoms with Crippen LogP contribution in [0.5, 0.6) is 0 Å². The predicted molar refractivity (Wildman–Crippen MR) is 96.1 cm³/mol. The Kier molecular flexibility index (Phi) is 6.75. The van der Waals surface area contributed by atoms with Gasteiger partial charge in [0.25, 0.3) is 0 Å². The smallest absolute Gasteiger partial charge is 0.160 e. The van der Waals surface area contributed by atoms with E-state index in [2.05, 4.69) is 28.5 Å². The number of allylic oxidation sites excluding steroid dienone is 3. The summed E-state index contributed by atoms with van der Waals surface area (Å²) in [6, 6.07) is 0. The second-order valence-corrected chi connectivity index (χ2v) is 5.08. The summed E-state index contributed by atoms with van der Waals surface area (Å²) >= 11 is 1.54. The molecular formula is C16H22N4S. The lowest BCUT2D eigenvalue weighted by Crippen LogP contribution is -2.11. The number of rotatable bonds is 7. The molecule has 0 aliphatic heterocycles. The average molecular weight is 302 g/mol. The van der Waals surface area contributed by atoms with E-state index >= 15 is 0 Å². The third kappa shape index (κ3) is 4.23. The maximum Gasteiger partial charge on any atom is 0.160 e. The Bertz CT molecular complexity index is 606. The number of nitrogens with one attached hydrogen (secondary N) is 1. The Morgan fingerprint density at radius 1 is 1.43 bits per heavy atom. The van der Waals surface area contributed by atoms with Gasteiger partial charge in [0.2, 0.25) is 0 Å². The molecule has 1 N–H and O–H groups in total. The fraction of sp³-hybridized carbons (Fsp3) is 0.250. The van der Waals surface area contributed by atoms with E-state index in [1.54, 1.807) is 7.05 Å². The zero-order chi connectivity index (χ0) is 15.8. The van der Waals surface area contributed by atoms with E-state index in [9.17, 15) is 0 Å². The minimum Gasteiger partial charge on any atom is -0.348 e. The van der Waals surface area contributed by atoms with E-state index in [-0.39, 0.29) is 0 Å². The number of aromatic nitrogens is 2. The Balaban J connectivity index is 3.27. The van der Waals surface area contributed by atoms with Crippen LogP contribution in [0.3, 0.4) is 0 Å². The SMILES string of the molecule is C=C(NC(=C)c1ncc(/C(C=NC)=C/C)n1/C=C\C)SC. The largest absolute Gasteiger partial charge is 0.348 e. The normalized spacial score (nSPS) is 12.3. The molecule has 0 atom stereocenters. The Morgan fingerprint density at radius 3 is 2.67 bits per heavy atom. The Morgan fingerprint density at radius 2 is 2.14 bits per heavy atom. The first kappa shape index (κ1) is 17.0. The average Bonchev–Trinajstić information content (AvgIpc) is 2.88. The van der Waals surface area contributed by atoms with Gasteiger partial charge in [-0.25, -0.2) is 4.98 Å². The maximum absolute atomic E-state index is 4.47. The molecule has 1 aromatic rings. The van der Waals surface area contributed by atoms with Gasteiger partial charge >= 0.3 is 0 Å². The molecule has 1 heterocycles. The molecule has 0 spiro atoms. The molecule has 0 radical (unpaired) electrons. The summed E-state index contributed by atoms with van der Waals surface area (Å²) in [5, 5.41) is 3.98. The molecule has 0 unspecified atom stereocenters. The van der Waals surface area contributed by atoms with Crippen LogP contribution >= 0.6 is 11.8 Å². The van der Waals surface area contributed by atoms with Crippen molar-refractivity contribution >= 4 is 35.4 Å². The monoisotopic (exact) mass is 302 g/mol. The maximum atomic E-state index is 4.47. The zero-order valence-corrected chi connectivity index (χ0v) is 13.9. The first-order valence-corrected chi connectivity index (χ1v) is 7.79. The van der Waals surface area contributed by atoms with Crippen LogP contribution in [0, 0.1) is 0 Å². The van der Waals surface area contributed by atoms with Crippen LogP contribution in [-0.2, 0) is 0 Å². The molecule has 0 aromatic carbocycles. The van der Waals surface area contributed by atoms with Crippen LogP contribution in [0.1, 0.15) is 25.4 Å². The highest BCUT2D eigenvalue weighted by molar-refractivity contribution is 8.02. The summed E-state index contributed by atoms with van der Waals surface area (Å²) in [6.45, 7) is 11.9. The van der Waals surface area contributed by atoms with Crippen LogP contribution in [0.2, 0.25) is 0 Å². The van der Waals surface area contributed by atoms with Gasteiger partial charge in [0.15, 0.2) is 5.82 Å². The standard InChI is InChI=1S/C16H22N4S/c1-7-9-20-15(14(8-2)10-17-5)11-18-16(20)12(3)19-13(4)21-6/h7-11,19H,3-4H2,1-2,5-6H3/b9-7-,14-8+,17-10?. The first-order chi connectivity index (χ1) is 10.1. The number of hydrogen-bond donors (Lipinski definition) is 1. The number of imidazole rings is 1. The van der Waals surface area contributed by atoms with E-state index in [1.807, 2.05) is 55.4 Å². The van der Waals surface area contributed by atoms with Gasteiger partial charge in [0.05, 0.1) is 22.6 Å². The molecule has 5 heteroatoms. The van der Waals surface area contributed by atoms with Crippen molar-refractivity contribution in [3.05, 3.63) is 48.1 Å². The molecule has 0 fully saturated rings. The van der Waals surface area contributed by atoms with Gasteiger partial charge in [-0.2, -0.15) is 0 Å². The molecule has 4 nitrogen and oxygen atoms in total. The van der Waals surface area contributed by atoms with Crippen molar-refractivity contribution in [2.45, 2.75) is 13.8 Å². The molecule has 1 aromatic heterocycles. The lowest BCUT2D eigenvalue weighted by Gasteiger charge is -2.12. The molecular weight excluding hydrogens is 280 g/mol. The van der Waals surface area contributed by atoms with Crippen molar-refractivity contribution < 1.29 is 0 Å². The summed E-state index contributed by atoms with van der Waals surface area (Å²) in [7, 11) is 1.75. The summed E-state index contributed by atoms with van der Waals surface area (Å²) in [4.78, 5) is 8.56. The van der Waals surface area contributed by atoms with Crippen LogP contribution in [0.25, 0.3) is 17.5 Å². The van der Waals surface area contributed by atoms with E-state index in [0.717, 1.165) is 22.1 Å².